The molecular formula is C16H13Cl2N3O. The van der Waals surface area contributed by atoms with E-state index in [1.165, 1.54) is 6.07 Å². The zero-order chi connectivity index (χ0) is 15.5. The topological polar surface area (TPSA) is 60.9 Å². The summed E-state index contributed by atoms with van der Waals surface area (Å²) in [6, 6.07) is 15.0. The number of anilines is 1. The van der Waals surface area contributed by atoms with Crippen molar-refractivity contribution in [2.75, 3.05) is 5.32 Å². The standard InChI is InChI=1S/C16H13Cl2N3O/c17-12-6-11(16(22)13(18)7-12)9-19-15-8-14(20-21-15)10-4-2-1-3-5-10/h1-8,22H,9H2,(H2,19,20,21). The molecule has 0 bridgehead atoms. The average molecular weight is 334 g/mol. The average Bonchev–Trinajstić information content (AvgIpc) is 2.99. The predicted octanol–water partition coefficient (Wildman–Crippen LogP) is 4.70. The van der Waals surface area contributed by atoms with Crippen molar-refractivity contribution in [2.24, 2.45) is 0 Å². The van der Waals surface area contributed by atoms with Gasteiger partial charge in [0.15, 0.2) is 0 Å². The van der Waals surface area contributed by atoms with E-state index in [9.17, 15) is 5.11 Å². The zero-order valence-corrected chi connectivity index (χ0v) is 13.0. The summed E-state index contributed by atoms with van der Waals surface area (Å²) < 4.78 is 0. The highest BCUT2D eigenvalue weighted by Gasteiger charge is 2.09. The summed E-state index contributed by atoms with van der Waals surface area (Å²) in [7, 11) is 0. The molecule has 0 saturated carbocycles. The molecule has 4 nitrogen and oxygen atoms in total. The molecule has 22 heavy (non-hydrogen) atoms. The number of H-pyrrole nitrogens is 1. The highest BCUT2D eigenvalue weighted by Crippen LogP contribution is 2.31. The number of phenolic OH excluding ortho intramolecular Hbond substituents is 1. The van der Waals surface area contributed by atoms with Gasteiger partial charge in [-0.05, 0) is 17.7 Å². The molecule has 0 fully saturated rings. The van der Waals surface area contributed by atoms with Crippen LogP contribution in [-0.4, -0.2) is 15.3 Å². The lowest BCUT2D eigenvalue weighted by atomic mass is 10.1. The highest BCUT2D eigenvalue weighted by molar-refractivity contribution is 6.35. The molecule has 0 unspecified atom stereocenters. The smallest absolute Gasteiger partial charge is 0.148 e. The van der Waals surface area contributed by atoms with Crippen molar-refractivity contribution in [3.05, 3.63) is 64.1 Å². The maximum absolute atomic E-state index is 9.92. The highest BCUT2D eigenvalue weighted by atomic mass is 35.5. The molecule has 6 heteroatoms. The molecule has 0 aliphatic rings. The molecule has 3 rings (SSSR count). The van der Waals surface area contributed by atoms with Crippen LogP contribution in [0.2, 0.25) is 10.0 Å². The van der Waals surface area contributed by atoms with E-state index in [2.05, 4.69) is 15.5 Å². The minimum absolute atomic E-state index is 0.0254. The first kappa shape index (κ1) is 14.8. The van der Waals surface area contributed by atoms with Gasteiger partial charge >= 0.3 is 0 Å². The van der Waals surface area contributed by atoms with Gasteiger partial charge in [-0.15, -0.1) is 0 Å². The van der Waals surface area contributed by atoms with Crippen LogP contribution in [0.5, 0.6) is 5.75 Å². The van der Waals surface area contributed by atoms with E-state index in [1.807, 2.05) is 36.4 Å². The molecule has 0 amide bonds. The number of aromatic nitrogens is 2. The predicted molar refractivity (Wildman–Crippen MR) is 89.5 cm³/mol. The van der Waals surface area contributed by atoms with Gasteiger partial charge in [-0.2, -0.15) is 5.10 Å². The Labute approximate surface area is 137 Å². The molecule has 3 aromatic rings. The number of nitrogens with zero attached hydrogens (tertiary/aromatic N) is 1. The van der Waals surface area contributed by atoms with E-state index >= 15 is 0 Å². The van der Waals surface area contributed by atoms with E-state index in [-0.39, 0.29) is 10.8 Å². The van der Waals surface area contributed by atoms with Gasteiger partial charge in [-0.1, -0.05) is 53.5 Å². The van der Waals surface area contributed by atoms with Gasteiger partial charge in [0.2, 0.25) is 0 Å². The summed E-state index contributed by atoms with van der Waals surface area (Å²) in [5.74, 6) is 0.701. The van der Waals surface area contributed by atoms with Crippen LogP contribution in [0.4, 0.5) is 5.82 Å². The second-order valence-corrected chi connectivity index (χ2v) is 5.63. The quantitative estimate of drug-likeness (QED) is 0.648. The van der Waals surface area contributed by atoms with Gasteiger partial charge in [-0.25, -0.2) is 0 Å². The van der Waals surface area contributed by atoms with Gasteiger partial charge in [0, 0.05) is 23.2 Å². The van der Waals surface area contributed by atoms with Gasteiger partial charge in [-0.3, -0.25) is 5.10 Å². The van der Waals surface area contributed by atoms with Gasteiger partial charge in [0.1, 0.15) is 11.6 Å². The normalized spacial score (nSPS) is 10.6. The first-order valence-corrected chi connectivity index (χ1v) is 7.40. The lowest BCUT2D eigenvalue weighted by molar-refractivity contribution is 0.469. The van der Waals surface area contributed by atoms with Crippen LogP contribution in [0.1, 0.15) is 5.56 Å². The molecule has 3 N–H and O–H groups in total. The minimum atomic E-state index is 0.0254. The third-order valence-electron chi connectivity index (χ3n) is 3.23. The molecule has 0 aliphatic heterocycles. The number of aromatic hydroxyl groups is 1. The number of phenols is 1. The second kappa shape index (κ2) is 6.30. The van der Waals surface area contributed by atoms with Gasteiger partial charge in [0.25, 0.3) is 0 Å². The maximum Gasteiger partial charge on any atom is 0.148 e. The molecule has 112 valence electrons. The van der Waals surface area contributed by atoms with Crippen LogP contribution < -0.4 is 5.32 Å². The molecule has 2 aromatic carbocycles. The van der Waals surface area contributed by atoms with Crippen LogP contribution in [0.15, 0.2) is 48.5 Å². The lowest BCUT2D eigenvalue weighted by Gasteiger charge is -2.07. The Morgan fingerprint density at radius 1 is 1.09 bits per heavy atom. The van der Waals surface area contributed by atoms with Crippen molar-refractivity contribution in [1.82, 2.24) is 10.2 Å². The summed E-state index contributed by atoms with van der Waals surface area (Å²) in [5, 5.41) is 20.9. The molecule has 0 atom stereocenters. The molecule has 1 aromatic heterocycles. The first-order chi connectivity index (χ1) is 10.6. The van der Waals surface area contributed by atoms with E-state index in [0.717, 1.165) is 11.3 Å². The van der Waals surface area contributed by atoms with Crippen molar-refractivity contribution >= 4 is 29.0 Å². The third kappa shape index (κ3) is 3.18. The van der Waals surface area contributed by atoms with E-state index in [1.54, 1.807) is 6.07 Å². The molecule has 0 radical (unpaired) electrons. The fourth-order valence-electron chi connectivity index (χ4n) is 2.12. The number of rotatable bonds is 4. The number of hydrogen-bond donors (Lipinski definition) is 3. The number of nitrogens with one attached hydrogen (secondary N) is 2. The largest absolute Gasteiger partial charge is 0.506 e. The van der Waals surface area contributed by atoms with Crippen molar-refractivity contribution in [2.45, 2.75) is 6.54 Å². The van der Waals surface area contributed by atoms with Crippen LogP contribution in [-0.2, 0) is 6.54 Å². The van der Waals surface area contributed by atoms with Crippen LogP contribution in [0.25, 0.3) is 11.3 Å². The molecule has 1 heterocycles. The fourth-order valence-corrected chi connectivity index (χ4v) is 2.65. The number of aromatic amines is 1. The Morgan fingerprint density at radius 2 is 1.86 bits per heavy atom. The minimum Gasteiger partial charge on any atom is -0.506 e. The monoisotopic (exact) mass is 333 g/mol. The van der Waals surface area contributed by atoms with E-state index < -0.39 is 0 Å². The number of halogens is 2. The van der Waals surface area contributed by atoms with Crippen LogP contribution in [0, 0.1) is 0 Å². The van der Waals surface area contributed by atoms with Crippen LogP contribution >= 0.6 is 23.2 Å². The van der Waals surface area contributed by atoms with Crippen LogP contribution in [0.3, 0.4) is 0 Å². The Balaban J connectivity index is 1.74. The summed E-state index contributed by atoms with van der Waals surface area (Å²) in [6.45, 7) is 0.366. The number of benzene rings is 2. The zero-order valence-electron chi connectivity index (χ0n) is 11.5. The van der Waals surface area contributed by atoms with E-state index in [4.69, 9.17) is 23.2 Å². The van der Waals surface area contributed by atoms with Gasteiger partial charge < -0.3 is 10.4 Å². The van der Waals surface area contributed by atoms with Crippen molar-refractivity contribution < 1.29 is 5.11 Å². The Bertz CT molecular complexity index is 787. The summed E-state index contributed by atoms with van der Waals surface area (Å²) in [4.78, 5) is 0. The molecule has 0 spiro atoms. The lowest BCUT2D eigenvalue weighted by Crippen LogP contribution is -2.00. The summed E-state index contributed by atoms with van der Waals surface area (Å²) >= 11 is 11.8. The first-order valence-electron chi connectivity index (χ1n) is 6.65. The maximum atomic E-state index is 9.92. The SMILES string of the molecule is Oc1c(Cl)cc(Cl)cc1CNc1cc(-c2ccccc2)[nH]n1. The Hall–Kier alpha value is -2.17. The van der Waals surface area contributed by atoms with Crippen molar-refractivity contribution in [3.63, 3.8) is 0 Å². The van der Waals surface area contributed by atoms with Crippen molar-refractivity contribution in [3.8, 4) is 17.0 Å². The summed E-state index contributed by atoms with van der Waals surface area (Å²) in [6.07, 6.45) is 0. The van der Waals surface area contributed by atoms with Gasteiger partial charge in [0.05, 0.1) is 10.7 Å². The fraction of sp³-hybridized carbons (Fsp3) is 0.0625. The molecule has 0 saturated heterocycles. The Kier molecular flexibility index (Phi) is 4.22. The number of hydrogen-bond acceptors (Lipinski definition) is 3. The molecule has 0 aliphatic carbocycles. The Morgan fingerprint density at radius 3 is 2.64 bits per heavy atom. The molecular weight excluding hydrogens is 321 g/mol. The van der Waals surface area contributed by atoms with Crippen molar-refractivity contribution in [1.29, 1.82) is 0 Å². The third-order valence-corrected chi connectivity index (χ3v) is 3.74. The summed E-state index contributed by atoms with van der Waals surface area (Å²) in [5.41, 5.74) is 2.58. The second-order valence-electron chi connectivity index (χ2n) is 4.78. The van der Waals surface area contributed by atoms with E-state index in [0.29, 0.717) is 22.9 Å².